The first kappa shape index (κ1) is 20.0. The molecule has 4 heteroatoms. The van der Waals surface area contributed by atoms with Crippen LogP contribution in [0.1, 0.15) is 27.2 Å². The van der Waals surface area contributed by atoms with E-state index in [1.807, 2.05) is 30.3 Å². The number of para-hydroxylation sites is 1. The number of aromatic nitrogens is 1. The second-order valence-corrected chi connectivity index (χ2v) is 8.43. The highest BCUT2D eigenvalue weighted by atomic mass is 16.5. The van der Waals surface area contributed by atoms with Crippen molar-refractivity contribution in [3.8, 4) is 0 Å². The Balaban J connectivity index is 1.55. The normalized spacial score (nSPS) is 15.0. The van der Waals surface area contributed by atoms with E-state index < -0.39 is 0 Å². The summed E-state index contributed by atoms with van der Waals surface area (Å²) in [5.41, 5.74) is 4.90. The molecule has 0 spiro atoms. The maximum Gasteiger partial charge on any atom is 0.195 e. The number of fused-ring (bicyclic) bond motifs is 2. The number of nitrogens with zero attached hydrogens (tertiary/aromatic N) is 2. The first-order valence-electron chi connectivity index (χ1n) is 11.1. The Bertz CT molecular complexity index is 1270. The summed E-state index contributed by atoms with van der Waals surface area (Å²) >= 11 is 0. The number of carbonyl (C=O) groups excluding carboxylic acids is 1. The third-order valence-corrected chi connectivity index (χ3v) is 6.53. The Kier molecular flexibility index (Phi) is 5.34. The van der Waals surface area contributed by atoms with Crippen LogP contribution in [0.2, 0.25) is 0 Å². The Morgan fingerprint density at radius 2 is 1.61 bits per heavy atom. The number of aryl methyl sites for hydroxylation is 1. The summed E-state index contributed by atoms with van der Waals surface area (Å²) in [5, 5.41) is 3.35. The van der Waals surface area contributed by atoms with Crippen LogP contribution in [-0.4, -0.2) is 48.1 Å². The average Bonchev–Trinajstić information content (AvgIpc) is 3.09. The first-order chi connectivity index (χ1) is 15.1. The minimum Gasteiger partial charge on any atom is -0.379 e. The van der Waals surface area contributed by atoms with Crippen molar-refractivity contribution in [2.75, 3.05) is 32.8 Å². The molecule has 0 unspecified atom stereocenters. The molecule has 158 valence electrons. The standard InChI is InChI=1S/C27H28N2O2/c1-19-17-22(18-21-7-3-4-8-23(19)21)27(30)26-20(2)29(25-10-6-5-9-24(25)26)12-11-28-13-15-31-16-14-28/h3-10,17-18H,11-16H2,1-2H3. The van der Waals surface area contributed by atoms with Gasteiger partial charge in [-0.25, -0.2) is 0 Å². The van der Waals surface area contributed by atoms with Crippen molar-refractivity contribution >= 4 is 27.5 Å². The van der Waals surface area contributed by atoms with Gasteiger partial charge in [0.25, 0.3) is 0 Å². The molecule has 5 rings (SSSR count). The Morgan fingerprint density at radius 3 is 2.42 bits per heavy atom. The van der Waals surface area contributed by atoms with E-state index in [0.717, 1.165) is 78.1 Å². The SMILES string of the molecule is Cc1cc(C(=O)c2c(C)n(CCN3CCOCC3)c3ccccc23)cc2ccccc12. The van der Waals surface area contributed by atoms with Gasteiger partial charge in [-0.3, -0.25) is 9.69 Å². The predicted molar refractivity (Wildman–Crippen MR) is 126 cm³/mol. The lowest BCUT2D eigenvalue weighted by Crippen LogP contribution is -2.38. The van der Waals surface area contributed by atoms with Crippen molar-refractivity contribution in [3.63, 3.8) is 0 Å². The molecule has 1 aliphatic rings. The van der Waals surface area contributed by atoms with Crippen LogP contribution in [0.4, 0.5) is 0 Å². The Morgan fingerprint density at radius 1 is 0.903 bits per heavy atom. The zero-order valence-corrected chi connectivity index (χ0v) is 18.2. The maximum absolute atomic E-state index is 13.8. The summed E-state index contributed by atoms with van der Waals surface area (Å²) in [6, 6.07) is 20.6. The van der Waals surface area contributed by atoms with Crippen molar-refractivity contribution in [1.29, 1.82) is 0 Å². The number of benzene rings is 3. The van der Waals surface area contributed by atoms with Gasteiger partial charge in [0.15, 0.2) is 5.78 Å². The maximum atomic E-state index is 13.8. The summed E-state index contributed by atoms with van der Waals surface area (Å²) in [4.78, 5) is 16.2. The van der Waals surface area contributed by atoms with E-state index in [0.29, 0.717) is 0 Å². The molecule has 1 fully saturated rings. The summed E-state index contributed by atoms with van der Waals surface area (Å²) < 4.78 is 7.79. The summed E-state index contributed by atoms with van der Waals surface area (Å²) in [5.74, 6) is 0.104. The van der Waals surface area contributed by atoms with Gasteiger partial charge in [-0.1, -0.05) is 42.5 Å². The van der Waals surface area contributed by atoms with E-state index in [1.165, 1.54) is 5.39 Å². The third kappa shape index (κ3) is 3.67. The molecule has 4 aromatic rings. The molecule has 1 saturated heterocycles. The van der Waals surface area contributed by atoms with Gasteiger partial charge in [0.2, 0.25) is 0 Å². The fraction of sp³-hybridized carbons (Fsp3) is 0.296. The molecule has 0 bridgehead atoms. The molecule has 3 aromatic carbocycles. The van der Waals surface area contributed by atoms with Gasteiger partial charge in [0.1, 0.15) is 0 Å². The second kappa shape index (κ2) is 8.29. The number of rotatable bonds is 5. The molecule has 1 aliphatic heterocycles. The van der Waals surface area contributed by atoms with Gasteiger partial charge >= 0.3 is 0 Å². The lowest BCUT2D eigenvalue weighted by atomic mass is 9.95. The number of ketones is 1. The molecule has 0 N–H and O–H groups in total. The predicted octanol–water partition coefficient (Wildman–Crippen LogP) is 4.97. The van der Waals surface area contributed by atoms with E-state index in [1.54, 1.807) is 0 Å². The molecule has 2 heterocycles. The minimum absolute atomic E-state index is 0.104. The number of ether oxygens (including phenoxy) is 1. The van der Waals surface area contributed by atoms with Gasteiger partial charge < -0.3 is 9.30 Å². The molecule has 0 aliphatic carbocycles. The van der Waals surface area contributed by atoms with Crippen molar-refractivity contribution in [1.82, 2.24) is 9.47 Å². The van der Waals surface area contributed by atoms with E-state index in [2.05, 4.69) is 53.6 Å². The van der Waals surface area contributed by atoms with Gasteiger partial charge in [-0.15, -0.1) is 0 Å². The van der Waals surface area contributed by atoms with Gasteiger partial charge in [0.05, 0.1) is 18.8 Å². The number of morpholine rings is 1. The van der Waals surface area contributed by atoms with Gasteiger partial charge in [-0.2, -0.15) is 0 Å². The summed E-state index contributed by atoms with van der Waals surface area (Å²) in [6.45, 7) is 9.55. The summed E-state index contributed by atoms with van der Waals surface area (Å²) in [7, 11) is 0. The van der Waals surface area contributed by atoms with Crippen LogP contribution in [0.5, 0.6) is 0 Å². The topological polar surface area (TPSA) is 34.5 Å². The molecule has 0 radical (unpaired) electrons. The highest BCUT2D eigenvalue weighted by Gasteiger charge is 2.22. The van der Waals surface area contributed by atoms with Crippen LogP contribution in [0.3, 0.4) is 0 Å². The van der Waals surface area contributed by atoms with Crippen molar-refractivity contribution in [3.05, 3.63) is 83.0 Å². The van der Waals surface area contributed by atoms with E-state index >= 15 is 0 Å². The van der Waals surface area contributed by atoms with Crippen LogP contribution < -0.4 is 0 Å². The fourth-order valence-electron chi connectivity index (χ4n) is 4.85. The molecular weight excluding hydrogens is 384 g/mol. The lowest BCUT2D eigenvalue weighted by molar-refractivity contribution is 0.0365. The number of hydrogen-bond acceptors (Lipinski definition) is 3. The lowest BCUT2D eigenvalue weighted by Gasteiger charge is -2.27. The number of hydrogen-bond donors (Lipinski definition) is 0. The van der Waals surface area contributed by atoms with Crippen LogP contribution in [0.25, 0.3) is 21.7 Å². The largest absolute Gasteiger partial charge is 0.379 e. The Hall–Kier alpha value is -2.95. The van der Waals surface area contributed by atoms with E-state index in [4.69, 9.17) is 4.74 Å². The van der Waals surface area contributed by atoms with E-state index in [9.17, 15) is 4.79 Å². The van der Waals surface area contributed by atoms with Crippen molar-refractivity contribution in [2.24, 2.45) is 0 Å². The smallest absolute Gasteiger partial charge is 0.195 e. The van der Waals surface area contributed by atoms with Crippen LogP contribution in [0, 0.1) is 13.8 Å². The van der Waals surface area contributed by atoms with Gasteiger partial charge in [-0.05, 0) is 48.4 Å². The molecule has 0 saturated carbocycles. The van der Waals surface area contributed by atoms with E-state index in [-0.39, 0.29) is 5.78 Å². The first-order valence-corrected chi connectivity index (χ1v) is 11.1. The van der Waals surface area contributed by atoms with Gasteiger partial charge in [0, 0.05) is 48.3 Å². The molecule has 31 heavy (non-hydrogen) atoms. The fourth-order valence-corrected chi connectivity index (χ4v) is 4.85. The monoisotopic (exact) mass is 412 g/mol. The van der Waals surface area contributed by atoms with Crippen molar-refractivity contribution in [2.45, 2.75) is 20.4 Å². The third-order valence-electron chi connectivity index (χ3n) is 6.53. The summed E-state index contributed by atoms with van der Waals surface area (Å²) in [6.07, 6.45) is 0. The Labute approximate surface area is 183 Å². The number of carbonyl (C=O) groups is 1. The molecular formula is C27H28N2O2. The van der Waals surface area contributed by atoms with Crippen LogP contribution >= 0.6 is 0 Å². The molecule has 0 atom stereocenters. The highest BCUT2D eigenvalue weighted by molar-refractivity contribution is 6.18. The quantitative estimate of drug-likeness (QED) is 0.434. The van der Waals surface area contributed by atoms with Crippen LogP contribution in [-0.2, 0) is 11.3 Å². The second-order valence-electron chi connectivity index (χ2n) is 8.43. The molecule has 4 nitrogen and oxygen atoms in total. The molecule has 0 amide bonds. The zero-order chi connectivity index (χ0) is 21.4. The zero-order valence-electron chi connectivity index (χ0n) is 18.2. The highest BCUT2D eigenvalue weighted by Crippen LogP contribution is 2.30. The van der Waals surface area contributed by atoms with Crippen LogP contribution in [0.15, 0.2) is 60.7 Å². The average molecular weight is 413 g/mol. The molecule has 1 aromatic heterocycles. The van der Waals surface area contributed by atoms with Crippen molar-refractivity contribution < 1.29 is 9.53 Å². The minimum atomic E-state index is 0.104.